The van der Waals surface area contributed by atoms with Gasteiger partial charge in [-0.25, -0.2) is 0 Å². The summed E-state index contributed by atoms with van der Waals surface area (Å²) in [6, 6.07) is 21.2. The number of hydrogen-bond donors (Lipinski definition) is 5. The van der Waals surface area contributed by atoms with Gasteiger partial charge < -0.3 is 25.5 Å². The van der Waals surface area contributed by atoms with Crippen LogP contribution < -0.4 is 0 Å². The van der Waals surface area contributed by atoms with E-state index in [0.717, 1.165) is 0 Å². The van der Waals surface area contributed by atoms with Crippen molar-refractivity contribution in [1.29, 1.82) is 0 Å². The molecule has 3 aromatic carbocycles. The Morgan fingerprint density at radius 1 is 0.656 bits per heavy atom. The molecule has 0 unspecified atom stereocenters. The minimum Gasteiger partial charge on any atom is -0.393 e. The third-order valence-electron chi connectivity index (χ3n) is 5.53. The van der Waals surface area contributed by atoms with Crippen molar-refractivity contribution in [3.8, 4) is 0 Å². The van der Waals surface area contributed by atoms with Crippen LogP contribution in [0, 0.1) is 5.41 Å². The van der Waals surface area contributed by atoms with Crippen molar-refractivity contribution in [3.05, 3.63) is 107 Å². The highest BCUT2D eigenvalue weighted by molar-refractivity contribution is 5.49. The lowest BCUT2D eigenvalue weighted by molar-refractivity contribution is -0.154. The van der Waals surface area contributed by atoms with Gasteiger partial charge >= 0.3 is 0 Å². The van der Waals surface area contributed by atoms with Crippen molar-refractivity contribution in [2.24, 2.45) is 5.41 Å². The Bertz CT molecular complexity index is 1020. The lowest BCUT2D eigenvalue weighted by Gasteiger charge is -2.33. The highest BCUT2D eigenvalue weighted by atomic mass is 16.5. The fourth-order valence-electron chi connectivity index (χ4n) is 4.15. The summed E-state index contributed by atoms with van der Waals surface area (Å²) in [4.78, 5) is 0. The Balaban J connectivity index is 2.20. The molecule has 0 saturated heterocycles. The van der Waals surface area contributed by atoms with Gasteiger partial charge in [-0.1, -0.05) is 99.6 Å². The standard InChI is InChI=1S/C27H32O5/c1-25(2,3)18-22(28)17-19-11-10-16-23(26(29,30)20-12-6-4-7-13-20)24(19)27(31,32)21-14-8-5-9-15-21/h4-16,22,28-32H,17-18H2,1-3H3/t22-/m0/s1. The van der Waals surface area contributed by atoms with Gasteiger partial charge in [-0.3, -0.25) is 0 Å². The number of benzene rings is 3. The van der Waals surface area contributed by atoms with Crippen LogP contribution in [-0.2, 0) is 18.0 Å². The maximum Gasteiger partial charge on any atom is 0.218 e. The minimum absolute atomic E-state index is 0.0481. The Morgan fingerprint density at radius 2 is 1.16 bits per heavy atom. The van der Waals surface area contributed by atoms with Crippen molar-refractivity contribution in [1.82, 2.24) is 0 Å². The summed E-state index contributed by atoms with van der Waals surface area (Å²) in [6.45, 7) is 6.05. The van der Waals surface area contributed by atoms with E-state index in [9.17, 15) is 25.5 Å². The van der Waals surface area contributed by atoms with Gasteiger partial charge in [0.15, 0.2) is 0 Å². The summed E-state index contributed by atoms with van der Waals surface area (Å²) >= 11 is 0. The lowest BCUT2D eigenvalue weighted by atomic mass is 9.81. The molecule has 170 valence electrons. The average molecular weight is 437 g/mol. The van der Waals surface area contributed by atoms with Gasteiger partial charge in [0, 0.05) is 22.3 Å². The van der Waals surface area contributed by atoms with Gasteiger partial charge in [0.25, 0.3) is 0 Å². The summed E-state index contributed by atoms with van der Waals surface area (Å²) in [5.74, 6) is -4.99. The third kappa shape index (κ3) is 5.26. The van der Waals surface area contributed by atoms with E-state index >= 15 is 0 Å². The summed E-state index contributed by atoms with van der Waals surface area (Å²) < 4.78 is 0. The van der Waals surface area contributed by atoms with E-state index in [-0.39, 0.29) is 34.1 Å². The first-order valence-electron chi connectivity index (χ1n) is 10.7. The van der Waals surface area contributed by atoms with E-state index in [0.29, 0.717) is 12.0 Å². The Hall–Kier alpha value is -2.54. The van der Waals surface area contributed by atoms with Crippen LogP contribution in [0.2, 0.25) is 0 Å². The quantitative estimate of drug-likeness (QED) is 0.366. The van der Waals surface area contributed by atoms with Crippen LogP contribution >= 0.6 is 0 Å². The molecule has 0 amide bonds. The van der Waals surface area contributed by atoms with Crippen molar-refractivity contribution < 1.29 is 25.5 Å². The summed E-state index contributed by atoms with van der Waals surface area (Å²) in [5.41, 5.74) is 0.566. The van der Waals surface area contributed by atoms with Crippen molar-refractivity contribution in [2.75, 3.05) is 0 Å². The number of hydrogen-bond acceptors (Lipinski definition) is 5. The van der Waals surface area contributed by atoms with Crippen LogP contribution in [0.25, 0.3) is 0 Å². The predicted molar refractivity (Wildman–Crippen MR) is 124 cm³/mol. The molecule has 1 atom stereocenters. The highest BCUT2D eigenvalue weighted by Crippen LogP contribution is 2.39. The van der Waals surface area contributed by atoms with Crippen LogP contribution in [0.5, 0.6) is 0 Å². The van der Waals surface area contributed by atoms with Crippen LogP contribution in [0.4, 0.5) is 0 Å². The van der Waals surface area contributed by atoms with Crippen molar-refractivity contribution in [2.45, 2.75) is 51.3 Å². The van der Waals surface area contributed by atoms with Gasteiger partial charge in [0.1, 0.15) is 0 Å². The van der Waals surface area contributed by atoms with E-state index in [2.05, 4.69) is 0 Å². The topological polar surface area (TPSA) is 101 Å². The number of rotatable bonds is 7. The predicted octanol–water partition coefficient (Wildman–Crippen LogP) is 3.40. The Morgan fingerprint density at radius 3 is 1.66 bits per heavy atom. The fraction of sp³-hybridized carbons (Fsp3) is 0.333. The van der Waals surface area contributed by atoms with Gasteiger partial charge in [-0.15, -0.1) is 0 Å². The first-order chi connectivity index (χ1) is 14.9. The maximum atomic E-state index is 11.3. The van der Waals surface area contributed by atoms with Gasteiger partial charge in [0.05, 0.1) is 6.10 Å². The molecule has 0 aliphatic rings. The monoisotopic (exact) mass is 436 g/mol. The first kappa shape index (κ1) is 24.1. The molecule has 5 N–H and O–H groups in total. The molecule has 5 heteroatoms. The van der Waals surface area contributed by atoms with Gasteiger partial charge in [0.2, 0.25) is 11.6 Å². The normalized spacial score (nSPS) is 13.8. The molecule has 0 bridgehead atoms. The summed E-state index contributed by atoms with van der Waals surface area (Å²) in [5, 5.41) is 55.7. The zero-order valence-electron chi connectivity index (χ0n) is 18.7. The molecule has 3 aromatic rings. The second-order valence-corrected chi connectivity index (χ2v) is 9.54. The highest BCUT2D eigenvalue weighted by Gasteiger charge is 2.41. The van der Waals surface area contributed by atoms with E-state index in [1.54, 1.807) is 72.8 Å². The summed E-state index contributed by atoms with van der Waals surface area (Å²) in [7, 11) is 0. The molecule has 0 saturated carbocycles. The van der Waals surface area contributed by atoms with Crippen LogP contribution in [0.1, 0.15) is 55.0 Å². The average Bonchev–Trinajstić information content (AvgIpc) is 2.73. The van der Waals surface area contributed by atoms with Crippen molar-refractivity contribution >= 4 is 0 Å². The van der Waals surface area contributed by atoms with E-state index < -0.39 is 17.7 Å². The molecule has 0 aliphatic heterocycles. The van der Waals surface area contributed by atoms with Gasteiger partial charge in [-0.05, 0) is 23.8 Å². The lowest BCUT2D eigenvalue weighted by Crippen LogP contribution is -2.36. The van der Waals surface area contributed by atoms with Crippen LogP contribution in [-0.4, -0.2) is 31.6 Å². The Labute approximate surface area is 189 Å². The number of aliphatic hydroxyl groups excluding tert-OH is 1. The van der Waals surface area contributed by atoms with Crippen LogP contribution in [0.3, 0.4) is 0 Å². The Kier molecular flexibility index (Phi) is 6.89. The SMILES string of the molecule is CC(C)(C)C[C@@H](O)Cc1cccc(C(O)(O)c2ccccc2)c1C(O)(O)c1ccccc1. The second-order valence-electron chi connectivity index (χ2n) is 9.54. The zero-order chi connectivity index (χ0) is 23.6. The smallest absolute Gasteiger partial charge is 0.218 e. The maximum absolute atomic E-state index is 11.3. The molecule has 5 nitrogen and oxygen atoms in total. The van der Waals surface area contributed by atoms with Crippen molar-refractivity contribution in [3.63, 3.8) is 0 Å². The minimum atomic E-state index is -2.51. The molecule has 0 spiro atoms. The molecule has 0 heterocycles. The molecule has 3 rings (SSSR count). The van der Waals surface area contributed by atoms with Gasteiger partial charge in [-0.2, -0.15) is 0 Å². The molecule has 0 aromatic heterocycles. The molecule has 0 fully saturated rings. The number of aliphatic hydroxyl groups is 5. The largest absolute Gasteiger partial charge is 0.393 e. The van der Waals surface area contributed by atoms with Crippen LogP contribution in [0.15, 0.2) is 78.9 Å². The molecular weight excluding hydrogens is 404 g/mol. The second kappa shape index (κ2) is 9.14. The first-order valence-corrected chi connectivity index (χ1v) is 10.7. The zero-order valence-corrected chi connectivity index (χ0v) is 18.7. The summed E-state index contributed by atoms with van der Waals surface area (Å²) in [6.07, 6.45) is -0.131. The molecular formula is C27H32O5. The third-order valence-corrected chi connectivity index (χ3v) is 5.53. The van der Waals surface area contributed by atoms with E-state index in [1.807, 2.05) is 20.8 Å². The molecule has 32 heavy (non-hydrogen) atoms. The van der Waals surface area contributed by atoms with E-state index in [1.165, 1.54) is 6.07 Å². The molecule has 0 radical (unpaired) electrons. The van der Waals surface area contributed by atoms with E-state index in [4.69, 9.17) is 0 Å². The molecule has 0 aliphatic carbocycles. The fourth-order valence-corrected chi connectivity index (χ4v) is 4.15.